The number of benzene rings is 5. The average molecular weight is 955 g/mol. The lowest BCUT2D eigenvalue weighted by Crippen LogP contribution is -2.60. The van der Waals surface area contributed by atoms with Gasteiger partial charge in [-0.15, -0.1) is 0 Å². The molecule has 0 unspecified atom stereocenters. The smallest absolute Gasteiger partial charge is 0.303 e. The van der Waals surface area contributed by atoms with Crippen molar-refractivity contribution in [2.24, 2.45) is 0 Å². The molecular formula is C56H58O14. The van der Waals surface area contributed by atoms with Gasteiger partial charge in [-0.25, -0.2) is 0 Å². The molecule has 0 aromatic heterocycles. The second-order valence-corrected chi connectivity index (χ2v) is 16.9. The highest BCUT2D eigenvalue weighted by molar-refractivity contribution is 5.69. The molecule has 0 radical (unpaired) electrons. The van der Waals surface area contributed by atoms with Crippen LogP contribution in [0.2, 0.25) is 0 Å². The van der Waals surface area contributed by atoms with Gasteiger partial charge in [0.15, 0.2) is 18.3 Å². The molecular weight excluding hydrogens is 897 g/mol. The summed E-state index contributed by atoms with van der Waals surface area (Å²) in [7, 11) is 0. The predicted octanol–water partition coefficient (Wildman–Crippen LogP) is 7.58. The third kappa shape index (κ3) is 14.9. The van der Waals surface area contributed by atoms with E-state index in [9.17, 15) is 19.2 Å². The van der Waals surface area contributed by atoms with Crippen LogP contribution in [0.3, 0.4) is 0 Å². The molecule has 0 spiro atoms. The minimum Gasteiger partial charge on any atom is -0.463 e. The van der Waals surface area contributed by atoms with E-state index in [-0.39, 0.29) is 33.0 Å². The Balaban J connectivity index is 1.26. The molecule has 2 heterocycles. The van der Waals surface area contributed by atoms with Gasteiger partial charge < -0.3 is 47.4 Å². The molecule has 5 aromatic carbocycles. The number of ether oxygens (including phenoxy) is 10. The Bertz CT molecular complexity index is 2510. The highest BCUT2D eigenvalue weighted by atomic mass is 16.7. The van der Waals surface area contributed by atoms with Crippen LogP contribution in [0.4, 0.5) is 0 Å². The van der Waals surface area contributed by atoms with E-state index < -0.39 is 84.9 Å². The second-order valence-electron chi connectivity index (χ2n) is 16.9. The van der Waals surface area contributed by atoms with Gasteiger partial charge in [0.2, 0.25) is 0 Å². The van der Waals surface area contributed by atoms with Gasteiger partial charge in [0.25, 0.3) is 0 Å². The lowest BCUT2D eigenvalue weighted by atomic mass is 9.89. The first-order valence-electron chi connectivity index (χ1n) is 23.2. The van der Waals surface area contributed by atoms with E-state index in [1.165, 1.54) is 27.7 Å². The fourth-order valence-corrected chi connectivity index (χ4v) is 8.35. The van der Waals surface area contributed by atoms with Crippen LogP contribution in [0.25, 0.3) is 0 Å². The Morgan fingerprint density at radius 3 is 1.46 bits per heavy atom. The minimum absolute atomic E-state index is 0.140. The van der Waals surface area contributed by atoms with E-state index in [2.05, 4.69) is 11.8 Å². The van der Waals surface area contributed by atoms with Crippen LogP contribution in [0, 0.1) is 11.8 Å². The van der Waals surface area contributed by atoms with Crippen molar-refractivity contribution in [3.63, 3.8) is 0 Å². The molecule has 14 nitrogen and oxygen atoms in total. The molecule has 0 aliphatic carbocycles. The molecule has 14 heteroatoms. The number of hydrogen-bond acceptors (Lipinski definition) is 14. The molecule has 2 saturated heterocycles. The molecule has 2 aliphatic heterocycles. The van der Waals surface area contributed by atoms with Crippen LogP contribution in [0.1, 0.15) is 67.2 Å². The van der Waals surface area contributed by atoms with Crippen molar-refractivity contribution in [2.45, 2.75) is 115 Å². The van der Waals surface area contributed by atoms with Gasteiger partial charge in [0.1, 0.15) is 49.3 Å². The molecule has 0 N–H and O–H groups in total. The van der Waals surface area contributed by atoms with Crippen molar-refractivity contribution in [1.82, 2.24) is 0 Å². The molecule has 0 amide bonds. The molecule has 70 heavy (non-hydrogen) atoms. The maximum absolute atomic E-state index is 12.6. The zero-order valence-electron chi connectivity index (χ0n) is 39.6. The van der Waals surface area contributed by atoms with Gasteiger partial charge in [-0.2, -0.15) is 0 Å². The molecule has 0 saturated carbocycles. The van der Waals surface area contributed by atoms with Crippen molar-refractivity contribution in [1.29, 1.82) is 0 Å². The van der Waals surface area contributed by atoms with Gasteiger partial charge in [-0.05, 0) is 39.9 Å². The second kappa shape index (κ2) is 25.8. The number of esters is 4. The summed E-state index contributed by atoms with van der Waals surface area (Å²) < 4.78 is 62.7. The normalized spacial score (nSPS) is 24.0. The number of carbonyl (C=O) groups is 4. The van der Waals surface area contributed by atoms with Crippen molar-refractivity contribution in [3.8, 4) is 11.8 Å². The van der Waals surface area contributed by atoms with Crippen molar-refractivity contribution >= 4 is 23.9 Å². The Kier molecular flexibility index (Phi) is 18.8. The number of hydrogen-bond donors (Lipinski definition) is 0. The van der Waals surface area contributed by atoms with E-state index in [4.69, 9.17) is 47.4 Å². The lowest BCUT2D eigenvalue weighted by molar-refractivity contribution is -0.261. The molecule has 366 valence electrons. The first kappa shape index (κ1) is 51.2. The Morgan fingerprint density at radius 2 is 0.929 bits per heavy atom. The van der Waals surface area contributed by atoms with E-state index in [0.29, 0.717) is 17.7 Å². The largest absolute Gasteiger partial charge is 0.463 e. The summed E-state index contributed by atoms with van der Waals surface area (Å²) in [6, 6.07) is 46.4. The van der Waals surface area contributed by atoms with Gasteiger partial charge >= 0.3 is 23.9 Å². The van der Waals surface area contributed by atoms with Crippen LogP contribution < -0.4 is 0 Å². The van der Waals surface area contributed by atoms with E-state index in [1.54, 1.807) is 24.3 Å². The Morgan fingerprint density at radius 1 is 0.457 bits per heavy atom. The number of carbonyl (C=O) groups excluding carboxylic acids is 4. The molecule has 2 aliphatic rings. The monoisotopic (exact) mass is 954 g/mol. The first-order chi connectivity index (χ1) is 34.0. The average Bonchev–Trinajstić information content (AvgIpc) is 3.35. The number of rotatable bonds is 19. The minimum atomic E-state index is -1.34. The standard InChI is InChI=1S/C56H58O14/c1-37(57)62-36-49-53(66-38(2)58)56(68-40(4)60)55(67-39(3)59)50(70-49)46-27-17-26-41(30-46)28-29-47-51(63-32-43-20-11-6-12-21-43)54(65-34-45-24-15-8-16-25-45)52(64-33-44-22-13-7-14-23-44)48(69-47)35-61-31-42-18-9-5-10-19-42/h5-27,30,47-56H,31-36H2,1-4H3/t47-,48-,49-,50-,51-,52-,53-,54-,55-,56+/m1/s1. The molecule has 10 atom stereocenters. The Hall–Kier alpha value is -6.70. The summed E-state index contributed by atoms with van der Waals surface area (Å²) in [4.78, 5) is 49.5. The third-order valence-corrected chi connectivity index (χ3v) is 11.4. The highest BCUT2D eigenvalue weighted by Crippen LogP contribution is 2.38. The summed E-state index contributed by atoms with van der Waals surface area (Å²) in [6.07, 6.45) is -9.93. The zero-order valence-corrected chi connectivity index (χ0v) is 39.6. The van der Waals surface area contributed by atoms with E-state index >= 15 is 0 Å². The maximum atomic E-state index is 12.6. The quantitative estimate of drug-likeness (QED) is 0.0453. The lowest BCUT2D eigenvalue weighted by Gasteiger charge is -2.45. The maximum Gasteiger partial charge on any atom is 0.303 e. The fourth-order valence-electron chi connectivity index (χ4n) is 8.35. The van der Waals surface area contributed by atoms with Crippen LogP contribution in [0.5, 0.6) is 0 Å². The van der Waals surface area contributed by atoms with E-state index in [0.717, 1.165) is 22.3 Å². The van der Waals surface area contributed by atoms with Crippen LogP contribution >= 0.6 is 0 Å². The molecule has 5 aromatic rings. The summed E-state index contributed by atoms with van der Waals surface area (Å²) in [5.41, 5.74) is 4.83. The SMILES string of the molecule is CC(=O)OC[C@H]1O[C@H](c2cccc(C#C[C@H]3O[C@H](COCc4ccccc4)[C@@H](OCc4ccccc4)[C@H](OCc4ccccc4)[C@@H]3OCc3ccccc3)c2)[C@@H](OC(C)=O)[C@@H](OC(C)=O)[C@@H]1OC(C)=O. The van der Waals surface area contributed by atoms with Crippen molar-refractivity contribution in [3.05, 3.63) is 179 Å². The van der Waals surface area contributed by atoms with Crippen molar-refractivity contribution in [2.75, 3.05) is 13.2 Å². The third-order valence-electron chi connectivity index (χ3n) is 11.4. The first-order valence-corrected chi connectivity index (χ1v) is 23.2. The summed E-state index contributed by atoms with van der Waals surface area (Å²) in [5.74, 6) is 3.88. The fraction of sp³-hybridized carbons (Fsp3) is 0.357. The topological polar surface area (TPSA) is 161 Å². The van der Waals surface area contributed by atoms with E-state index in [1.807, 2.05) is 121 Å². The van der Waals surface area contributed by atoms with Gasteiger partial charge in [0.05, 0.1) is 33.0 Å². The van der Waals surface area contributed by atoms with Gasteiger partial charge in [0, 0.05) is 33.3 Å². The van der Waals surface area contributed by atoms with Crippen LogP contribution in [0.15, 0.2) is 146 Å². The highest BCUT2D eigenvalue weighted by Gasteiger charge is 2.53. The van der Waals surface area contributed by atoms with Gasteiger partial charge in [-0.3, -0.25) is 19.2 Å². The summed E-state index contributed by atoms with van der Waals surface area (Å²) in [6.45, 7) is 5.61. The molecule has 7 rings (SSSR count). The summed E-state index contributed by atoms with van der Waals surface area (Å²) >= 11 is 0. The van der Waals surface area contributed by atoms with Gasteiger partial charge in [-0.1, -0.05) is 145 Å². The van der Waals surface area contributed by atoms with Crippen molar-refractivity contribution < 1.29 is 66.5 Å². The zero-order chi connectivity index (χ0) is 49.2. The van der Waals surface area contributed by atoms with Crippen LogP contribution in [-0.4, -0.2) is 92.0 Å². The molecule has 2 fully saturated rings. The summed E-state index contributed by atoms with van der Waals surface area (Å²) in [5, 5.41) is 0. The molecule has 0 bridgehead atoms. The Labute approximate surface area is 408 Å². The predicted molar refractivity (Wildman–Crippen MR) is 254 cm³/mol. The van der Waals surface area contributed by atoms with Crippen LogP contribution in [-0.2, 0) is 93.0 Å².